The van der Waals surface area contributed by atoms with E-state index in [1.807, 2.05) is 6.07 Å². The van der Waals surface area contributed by atoms with Crippen LogP contribution in [0.2, 0.25) is 0 Å². The van der Waals surface area contributed by atoms with E-state index >= 15 is 0 Å². The second-order valence-electron chi connectivity index (χ2n) is 4.50. The Hall–Kier alpha value is -0.710. The number of likely N-dealkylation sites (N-methyl/N-ethyl adjacent to an activating group) is 1. The first-order chi connectivity index (χ1) is 9.13. The van der Waals surface area contributed by atoms with Crippen LogP contribution in [0, 0.1) is 12.7 Å². The average molecular weight is 342 g/mol. The van der Waals surface area contributed by atoms with Crippen LogP contribution in [-0.2, 0) is 6.42 Å². The fourth-order valence-electron chi connectivity index (χ4n) is 2.17. The SMILES string of the molecule is CCNC(Cc1cccc(F)c1Br)c1sccc1C. The Morgan fingerprint density at radius 3 is 2.79 bits per heavy atom. The molecule has 0 saturated carbocycles. The number of hydrogen-bond donors (Lipinski definition) is 1. The highest BCUT2D eigenvalue weighted by Gasteiger charge is 2.17. The van der Waals surface area contributed by atoms with E-state index in [1.54, 1.807) is 17.4 Å². The van der Waals surface area contributed by atoms with Gasteiger partial charge in [0.2, 0.25) is 0 Å². The van der Waals surface area contributed by atoms with E-state index < -0.39 is 0 Å². The second kappa shape index (κ2) is 6.64. The van der Waals surface area contributed by atoms with Crippen molar-refractivity contribution in [2.75, 3.05) is 6.54 Å². The molecule has 0 bridgehead atoms. The number of rotatable bonds is 5. The number of halogens is 2. The van der Waals surface area contributed by atoms with Crippen molar-refractivity contribution < 1.29 is 4.39 Å². The first kappa shape index (κ1) is 14.7. The smallest absolute Gasteiger partial charge is 0.137 e. The minimum Gasteiger partial charge on any atom is -0.309 e. The molecule has 0 aliphatic rings. The van der Waals surface area contributed by atoms with Crippen molar-refractivity contribution in [1.29, 1.82) is 0 Å². The summed E-state index contributed by atoms with van der Waals surface area (Å²) in [6.45, 7) is 5.11. The summed E-state index contributed by atoms with van der Waals surface area (Å²) < 4.78 is 14.1. The maximum absolute atomic E-state index is 13.6. The van der Waals surface area contributed by atoms with E-state index in [4.69, 9.17) is 0 Å². The number of nitrogens with one attached hydrogen (secondary N) is 1. The third kappa shape index (κ3) is 3.44. The first-order valence-electron chi connectivity index (χ1n) is 6.33. The Labute approximate surface area is 126 Å². The van der Waals surface area contributed by atoms with Crippen LogP contribution in [0.3, 0.4) is 0 Å². The van der Waals surface area contributed by atoms with Gasteiger partial charge < -0.3 is 5.32 Å². The molecule has 2 rings (SSSR count). The summed E-state index contributed by atoms with van der Waals surface area (Å²) in [4.78, 5) is 1.33. The molecule has 0 amide bonds. The normalized spacial score (nSPS) is 12.6. The maximum Gasteiger partial charge on any atom is 0.137 e. The Kier molecular flexibility index (Phi) is 5.13. The van der Waals surface area contributed by atoms with Gasteiger partial charge in [-0.2, -0.15) is 0 Å². The molecule has 0 aliphatic heterocycles. The van der Waals surface area contributed by atoms with Crippen molar-refractivity contribution in [2.24, 2.45) is 0 Å². The van der Waals surface area contributed by atoms with E-state index in [2.05, 4.69) is 46.5 Å². The number of hydrogen-bond acceptors (Lipinski definition) is 2. The number of benzene rings is 1. The van der Waals surface area contributed by atoms with Crippen LogP contribution < -0.4 is 5.32 Å². The topological polar surface area (TPSA) is 12.0 Å². The molecular formula is C15H17BrFNS. The molecular weight excluding hydrogens is 325 g/mol. The minimum absolute atomic E-state index is 0.198. The Bertz CT molecular complexity index is 553. The van der Waals surface area contributed by atoms with Crippen LogP contribution in [0.5, 0.6) is 0 Å². The van der Waals surface area contributed by atoms with Gasteiger partial charge in [-0.05, 0) is 64.5 Å². The highest BCUT2D eigenvalue weighted by molar-refractivity contribution is 9.10. The zero-order valence-electron chi connectivity index (χ0n) is 11.0. The van der Waals surface area contributed by atoms with Gasteiger partial charge in [-0.1, -0.05) is 19.1 Å². The summed E-state index contributed by atoms with van der Waals surface area (Å²) in [7, 11) is 0. The summed E-state index contributed by atoms with van der Waals surface area (Å²) in [6, 6.07) is 7.58. The van der Waals surface area contributed by atoms with E-state index in [0.717, 1.165) is 18.5 Å². The first-order valence-corrected chi connectivity index (χ1v) is 8.01. The van der Waals surface area contributed by atoms with Gasteiger partial charge >= 0.3 is 0 Å². The molecule has 1 N–H and O–H groups in total. The second-order valence-corrected chi connectivity index (χ2v) is 6.24. The molecule has 19 heavy (non-hydrogen) atoms. The maximum atomic E-state index is 13.6. The van der Waals surface area contributed by atoms with Gasteiger partial charge in [0.25, 0.3) is 0 Å². The molecule has 1 nitrogen and oxygen atoms in total. The lowest BCUT2D eigenvalue weighted by Gasteiger charge is -2.18. The molecule has 1 aromatic heterocycles. The van der Waals surface area contributed by atoms with Crippen molar-refractivity contribution in [3.63, 3.8) is 0 Å². The molecule has 1 unspecified atom stereocenters. The highest BCUT2D eigenvalue weighted by atomic mass is 79.9. The Balaban J connectivity index is 2.27. The minimum atomic E-state index is -0.198. The van der Waals surface area contributed by atoms with E-state index in [-0.39, 0.29) is 11.9 Å². The van der Waals surface area contributed by atoms with E-state index in [0.29, 0.717) is 4.47 Å². The molecule has 2 aromatic rings. The Morgan fingerprint density at radius 1 is 1.37 bits per heavy atom. The van der Waals surface area contributed by atoms with Crippen LogP contribution in [0.1, 0.15) is 29.0 Å². The molecule has 0 spiro atoms. The van der Waals surface area contributed by atoms with Crippen molar-refractivity contribution >= 4 is 27.3 Å². The largest absolute Gasteiger partial charge is 0.309 e. The predicted molar refractivity (Wildman–Crippen MR) is 83.3 cm³/mol. The molecule has 102 valence electrons. The van der Waals surface area contributed by atoms with Crippen molar-refractivity contribution in [3.05, 3.63) is 55.9 Å². The molecule has 0 radical (unpaired) electrons. The summed E-state index contributed by atoms with van der Waals surface area (Å²) in [5.41, 5.74) is 2.29. The quantitative estimate of drug-likeness (QED) is 0.819. The van der Waals surface area contributed by atoms with Gasteiger partial charge in [0, 0.05) is 10.9 Å². The zero-order chi connectivity index (χ0) is 13.8. The van der Waals surface area contributed by atoms with Crippen molar-refractivity contribution in [1.82, 2.24) is 5.32 Å². The van der Waals surface area contributed by atoms with Crippen molar-refractivity contribution in [2.45, 2.75) is 26.3 Å². The van der Waals surface area contributed by atoms with Crippen LogP contribution in [0.4, 0.5) is 4.39 Å². The van der Waals surface area contributed by atoms with E-state index in [9.17, 15) is 4.39 Å². The summed E-state index contributed by atoms with van der Waals surface area (Å²) in [5.74, 6) is -0.198. The van der Waals surface area contributed by atoms with Gasteiger partial charge in [0.05, 0.1) is 4.47 Å². The lowest BCUT2D eigenvalue weighted by Crippen LogP contribution is -2.23. The predicted octanol–water partition coefficient (Wildman–Crippen LogP) is 4.85. The molecule has 4 heteroatoms. The fraction of sp³-hybridized carbons (Fsp3) is 0.333. The van der Waals surface area contributed by atoms with Gasteiger partial charge in [-0.25, -0.2) is 4.39 Å². The molecule has 0 saturated heterocycles. The van der Waals surface area contributed by atoms with Gasteiger partial charge in [0.15, 0.2) is 0 Å². The fourth-order valence-corrected chi connectivity index (χ4v) is 3.60. The molecule has 0 fully saturated rings. The molecule has 0 aliphatic carbocycles. The van der Waals surface area contributed by atoms with Gasteiger partial charge in [-0.3, -0.25) is 0 Å². The number of thiophene rings is 1. The lowest BCUT2D eigenvalue weighted by molar-refractivity contribution is 0.550. The van der Waals surface area contributed by atoms with E-state index in [1.165, 1.54) is 16.5 Å². The summed E-state index contributed by atoms with van der Waals surface area (Å²) in [5, 5.41) is 5.59. The third-order valence-corrected chi connectivity index (χ3v) is 5.14. The highest BCUT2D eigenvalue weighted by Crippen LogP contribution is 2.30. The third-order valence-electron chi connectivity index (χ3n) is 3.12. The molecule has 1 heterocycles. The van der Waals surface area contributed by atoms with Gasteiger partial charge in [0.1, 0.15) is 5.82 Å². The monoisotopic (exact) mass is 341 g/mol. The average Bonchev–Trinajstić information content (AvgIpc) is 2.80. The van der Waals surface area contributed by atoms with Gasteiger partial charge in [-0.15, -0.1) is 11.3 Å². The van der Waals surface area contributed by atoms with Crippen LogP contribution >= 0.6 is 27.3 Å². The van der Waals surface area contributed by atoms with Crippen LogP contribution in [0.15, 0.2) is 34.1 Å². The zero-order valence-corrected chi connectivity index (χ0v) is 13.4. The Morgan fingerprint density at radius 2 is 2.16 bits per heavy atom. The van der Waals surface area contributed by atoms with Crippen molar-refractivity contribution in [3.8, 4) is 0 Å². The molecule has 1 aromatic carbocycles. The van der Waals surface area contributed by atoms with Crippen LogP contribution in [0.25, 0.3) is 0 Å². The summed E-state index contributed by atoms with van der Waals surface area (Å²) in [6.07, 6.45) is 0.785. The number of aryl methyl sites for hydroxylation is 1. The van der Waals surface area contributed by atoms with Crippen LogP contribution in [-0.4, -0.2) is 6.54 Å². The summed E-state index contributed by atoms with van der Waals surface area (Å²) >= 11 is 5.10. The lowest BCUT2D eigenvalue weighted by atomic mass is 10.0. The molecule has 1 atom stereocenters. The standard InChI is InChI=1S/C15H17BrFNS/c1-3-18-13(15-10(2)7-8-19-15)9-11-5-4-6-12(17)14(11)16/h4-8,13,18H,3,9H2,1-2H3.